The fourth-order valence-electron chi connectivity index (χ4n) is 4.98. The number of hydrogen-bond donors (Lipinski definition) is 3. The molecular formula is C40H30ClFN4O3S2. The predicted octanol–water partition coefficient (Wildman–Crippen LogP) is 9.79. The maximum atomic E-state index is 14.8. The first-order valence-electron chi connectivity index (χ1n) is 15.7. The Morgan fingerprint density at radius 3 is 2.27 bits per heavy atom. The molecule has 7 nitrogen and oxygen atoms in total. The summed E-state index contributed by atoms with van der Waals surface area (Å²) in [5.74, 6) is -2.18. The van der Waals surface area contributed by atoms with Crippen LogP contribution in [0.3, 0.4) is 0 Å². The third kappa shape index (κ3) is 9.17. The molecule has 6 rings (SSSR count). The average molecular weight is 733 g/mol. The van der Waals surface area contributed by atoms with Gasteiger partial charge in [0, 0.05) is 32.7 Å². The number of hydrogen-bond acceptors (Lipinski definition) is 6. The summed E-state index contributed by atoms with van der Waals surface area (Å²) in [6.07, 6.45) is 1.20. The smallest absolute Gasteiger partial charge is 0.272 e. The maximum Gasteiger partial charge on any atom is 0.272 e. The van der Waals surface area contributed by atoms with Crippen molar-refractivity contribution in [1.29, 1.82) is 0 Å². The van der Waals surface area contributed by atoms with Gasteiger partial charge in [-0.2, -0.15) is 0 Å². The van der Waals surface area contributed by atoms with E-state index in [1.165, 1.54) is 47.4 Å². The van der Waals surface area contributed by atoms with Crippen LogP contribution in [0.4, 0.5) is 15.2 Å². The molecular weight excluding hydrogens is 703 g/mol. The van der Waals surface area contributed by atoms with Crippen LogP contribution >= 0.6 is 34.7 Å². The molecule has 254 valence electrons. The molecule has 1 atom stereocenters. The fourth-order valence-corrected chi connectivity index (χ4v) is 7.00. The lowest BCUT2D eigenvalue weighted by atomic mass is 10.1. The number of aromatic nitrogens is 1. The lowest BCUT2D eigenvalue weighted by Crippen LogP contribution is -2.30. The highest BCUT2D eigenvalue weighted by Crippen LogP contribution is 2.38. The minimum atomic E-state index is -0.703. The number of carbonyl (C=O) groups is 3. The second kappa shape index (κ2) is 16.4. The maximum absolute atomic E-state index is 14.8. The molecule has 6 aromatic rings. The Hall–Kier alpha value is -5.55. The molecule has 0 bridgehead atoms. The summed E-state index contributed by atoms with van der Waals surface area (Å²) in [6, 6.07) is 36.8. The SMILES string of the molecule is Cc1ccc(-c2csc(NC(=O)C(Sc3cccc(NC(=O)/C(=C\c4c(F)cccc4Cl)NC(=O)c4ccccc4)c3)c3ccccc3)n2)cc1. The summed E-state index contributed by atoms with van der Waals surface area (Å²) >= 11 is 8.90. The lowest BCUT2D eigenvalue weighted by molar-refractivity contribution is -0.116. The lowest BCUT2D eigenvalue weighted by Gasteiger charge is -2.17. The Balaban J connectivity index is 1.22. The van der Waals surface area contributed by atoms with Gasteiger partial charge in [-0.25, -0.2) is 9.37 Å². The van der Waals surface area contributed by atoms with E-state index in [9.17, 15) is 18.8 Å². The number of benzene rings is 5. The van der Waals surface area contributed by atoms with Crippen molar-refractivity contribution < 1.29 is 18.8 Å². The van der Waals surface area contributed by atoms with Gasteiger partial charge in [0.25, 0.3) is 11.8 Å². The van der Waals surface area contributed by atoms with Gasteiger partial charge in [-0.1, -0.05) is 102 Å². The van der Waals surface area contributed by atoms with Crippen molar-refractivity contribution in [2.24, 2.45) is 0 Å². The van der Waals surface area contributed by atoms with E-state index in [0.717, 1.165) is 22.4 Å². The van der Waals surface area contributed by atoms with E-state index in [1.807, 2.05) is 73.0 Å². The number of amides is 3. The second-order valence-corrected chi connectivity index (χ2v) is 13.7. The topological polar surface area (TPSA) is 100 Å². The van der Waals surface area contributed by atoms with Gasteiger partial charge in [-0.15, -0.1) is 23.1 Å². The standard InChI is InChI=1S/C40H30ClFN4O3S2/c1-25-18-20-26(21-19-25)35-24-50-40(45-35)46-39(49)36(27-10-4-2-5-11-27)51-30-15-8-14-29(22-30)43-38(48)34(23-31-32(41)16-9-17-33(31)42)44-37(47)28-12-6-3-7-13-28/h2-24,36H,1H3,(H,43,48)(H,44,47)(H,45,46,49)/b34-23+. The number of halogens is 2. The van der Waals surface area contributed by atoms with E-state index in [4.69, 9.17) is 11.6 Å². The Morgan fingerprint density at radius 1 is 0.843 bits per heavy atom. The number of nitrogens with one attached hydrogen (secondary N) is 3. The highest BCUT2D eigenvalue weighted by Gasteiger charge is 2.24. The molecule has 3 N–H and O–H groups in total. The Labute approximate surface area is 307 Å². The number of rotatable bonds is 11. The third-order valence-electron chi connectivity index (χ3n) is 7.59. The van der Waals surface area contributed by atoms with E-state index in [-0.39, 0.29) is 22.2 Å². The highest BCUT2D eigenvalue weighted by atomic mass is 35.5. The molecule has 1 unspecified atom stereocenters. The molecule has 0 aliphatic carbocycles. The van der Waals surface area contributed by atoms with Crippen LogP contribution in [0.2, 0.25) is 5.02 Å². The molecule has 0 saturated carbocycles. The van der Waals surface area contributed by atoms with E-state index >= 15 is 0 Å². The van der Waals surface area contributed by atoms with Crippen LogP contribution in [0, 0.1) is 12.7 Å². The molecule has 1 heterocycles. The van der Waals surface area contributed by atoms with Crippen molar-refractivity contribution in [2.45, 2.75) is 17.1 Å². The first-order valence-corrected chi connectivity index (χ1v) is 17.9. The van der Waals surface area contributed by atoms with Crippen LogP contribution in [-0.4, -0.2) is 22.7 Å². The summed E-state index contributed by atoms with van der Waals surface area (Å²) in [4.78, 5) is 45.8. The van der Waals surface area contributed by atoms with Crippen molar-refractivity contribution in [3.8, 4) is 11.3 Å². The van der Waals surface area contributed by atoms with Gasteiger partial charge in [0.15, 0.2) is 5.13 Å². The van der Waals surface area contributed by atoms with E-state index in [1.54, 1.807) is 48.5 Å². The van der Waals surface area contributed by atoms with E-state index < -0.39 is 22.9 Å². The highest BCUT2D eigenvalue weighted by molar-refractivity contribution is 8.00. The van der Waals surface area contributed by atoms with Crippen LogP contribution in [0.25, 0.3) is 17.3 Å². The predicted molar refractivity (Wildman–Crippen MR) is 204 cm³/mol. The van der Waals surface area contributed by atoms with Crippen LogP contribution in [-0.2, 0) is 9.59 Å². The van der Waals surface area contributed by atoms with Gasteiger partial charge in [0.1, 0.15) is 16.8 Å². The molecule has 0 aliphatic heterocycles. The molecule has 1 aromatic heterocycles. The van der Waals surface area contributed by atoms with Gasteiger partial charge in [-0.05, 0) is 61.0 Å². The molecule has 0 radical (unpaired) electrons. The number of thiazole rings is 1. The van der Waals surface area contributed by atoms with Gasteiger partial charge in [0.2, 0.25) is 5.91 Å². The molecule has 51 heavy (non-hydrogen) atoms. The number of carbonyl (C=O) groups excluding carboxylic acids is 3. The number of thioether (sulfide) groups is 1. The average Bonchev–Trinajstić information content (AvgIpc) is 3.61. The number of aryl methyl sites for hydroxylation is 1. The summed E-state index contributed by atoms with van der Waals surface area (Å²) in [6.45, 7) is 2.02. The first kappa shape index (κ1) is 35.3. The summed E-state index contributed by atoms with van der Waals surface area (Å²) in [5.41, 5.74) is 4.08. The van der Waals surface area contributed by atoms with Crippen LogP contribution in [0.5, 0.6) is 0 Å². The zero-order chi connectivity index (χ0) is 35.7. The molecule has 3 amide bonds. The quantitative estimate of drug-likeness (QED) is 0.0910. The Morgan fingerprint density at radius 2 is 1.55 bits per heavy atom. The van der Waals surface area contributed by atoms with Crippen molar-refractivity contribution in [2.75, 3.05) is 10.6 Å². The van der Waals surface area contributed by atoms with Crippen LogP contribution in [0.15, 0.2) is 143 Å². The first-order chi connectivity index (χ1) is 24.7. The van der Waals surface area contributed by atoms with Gasteiger partial charge in [0.05, 0.1) is 10.7 Å². The fraction of sp³-hybridized carbons (Fsp3) is 0.0500. The number of anilines is 2. The molecule has 0 saturated heterocycles. The number of nitrogens with zero attached hydrogens (tertiary/aromatic N) is 1. The zero-order valence-corrected chi connectivity index (χ0v) is 29.5. The van der Waals surface area contributed by atoms with Crippen LogP contribution in [0.1, 0.15) is 32.3 Å². The minimum Gasteiger partial charge on any atom is -0.321 e. The summed E-state index contributed by atoms with van der Waals surface area (Å²) in [7, 11) is 0. The Kier molecular flexibility index (Phi) is 11.4. The largest absolute Gasteiger partial charge is 0.321 e. The van der Waals surface area contributed by atoms with E-state index in [2.05, 4.69) is 20.9 Å². The third-order valence-corrected chi connectivity index (χ3v) is 9.92. The Bertz CT molecular complexity index is 2190. The molecule has 5 aromatic carbocycles. The van der Waals surface area contributed by atoms with Crippen molar-refractivity contribution in [1.82, 2.24) is 10.3 Å². The van der Waals surface area contributed by atoms with Gasteiger partial charge >= 0.3 is 0 Å². The van der Waals surface area contributed by atoms with Crippen molar-refractivity contribution >= 4 is 69.3 Å². The summed E-state index contributed by atoms with van der Waals surface area (Å²) in [5, 5.41) is 10.2. The molecule has 0 spiro atoms. The second-order valence-electron chi connectivity index (χ2n) is 11.3. The van der Waals surface area contributed by atoms with Gasteiger partial charge < -0.3 is 16.0 Å². The zero-order valence-electron chi connectivity index (χ0n) is 27.1. The van der Waals surface area contributed by atoms with Gasteiger partial charge in [-0.3, -0.25) is 14.4 Å². The van der Waals surface area contributed by atoms with E-state index in [0.29, 0.717) is 21.3 Å². The molecule has 0 aliphatic rings. The van der Waals surface area contributed by atoms with Crippen LogP contribution < -0.4 is 16.0 Å². The normalized spacial score (nSPS) is 11.8. The molecule has 0 fully saturated rings. The molecule has 11 heteroatoms. The van der Waals surface area contributed by atoms with Crippen molar-refractivity contribution in [3.63, 3.8) is 0 Å². The summed E-state index contributed by atoms with van der Waals surface area (Å²) < 4.78 is 14.8. The van der Waals surface area contributed by atoms with Crippen molar-refractivity contribution in [3.05, 3.63) is 172 Å². The minimum absolute atomic E-state index is 0.0510. The monoisotopic (exact) mass is 732 g/mol.